The molecule has 3 amide bonds. The maximum atomic E-state index is 14.7. The number of H-pyrrole nitrogens is 1. The third kappa shape index (κ3) is 6.61. The molecule has 13 heteroatoms. The van der Waals surface area contributed by atoms with Crippen LogP contribution >= 0.6 is 11.3 Å². The lowest BCUT2D eigenvalue weighted by molar-refractivity contribution is -0.141. The number of aromatic amines is 1. The second-order valence-corrected chi connectivity index (χ2v) is 15.5. The van der Waals surface area contributed by atoms with E-state index in [0.29, 0.717) is 36.9 Å². The van der Waals surface area contributed by atoms with Gasteiger partial charge < -0.3 is 30.3 Å². The van der Waals surface area contributed by atoms with Gasteiger partial charge in [-0.3, -0.25) is 9.59 Å². The molecule has 2 aliphatic heterocycles. The number of carbonyl (C=O) groups is 3. The van der Waals surface area contributed by atoms with Crippen LogP contribution in [0.3, 0.4) is 0 Å². The standard InChI is InChI=1S/C36H41BN6O5S/c1-21-38-25-18-23(19-26(25)39-21)29(30(44)32-40-24-12-8-9-13-28(24)49-32)41-31(45)27-14-16-37-17-15-36(33(46)43(27)37,20-22-10-6-5-7-11-22)42-34(47)48-35(2,3)4/h5-13,18,27,29-30,44H,14-17,19-20H2,1-4H3,(H,38,39)(H,41,45)(H,42,47)/t27-,29-,30?,36?/m0/s1. The maximum absolute atomic E-state index is 14.7. The molecule has 3 aliphatic rings. The fourth-order valence-corrected chi connectivity index (χ4v) is 8.48. The normalized spacial score (nSPS) is 21.6. The number of rotatable bonds is 8. The lowest BCUT2D eigenvalue weighted by Crippen LogP contribution is -2.68. The third-order valence-corrected chi connectivity index (χ3v) is 10.8. The van der Waals surface area contributed by atoms with Gasteiger partial charge in [-0.2, -0.15) is 0 Å². The number of benzene rings is 2. The van der Waals surface area contributed by atoms with Crippen molar-refractivity contribution in [3.63, 3.8) is 0 Å². The van der Waals surface area contributed by atoms with Crippen molar-refractivity contribution in [1.29, 1.82) is 0 Å². The molecule has 1 aliphatic carbocycles. The lowest BCUT2D eigenvalue weighted by Gasteiger charge is -2.45. The van der Waals surface area contributed by atoms with E-state index in [-0.39, 0.29) is 25.1 Å². The number of thiazole rings is 1. The van der Waals surface area contributed by atoms with Crippen molar-refractivity contribution in [3.05, 3.63) is 88.0 Å². The van der Waals surface area contributed by atoms with Crippen LogP contribution in [0.25, 0.3) is 16.3 Å². The maximum Gasteiger partial charge on any atom is 0.408 e. The number of nitrogens with one attached hydrogen (secondary N) is 3. The molecule has 2 saturated heterocycles. The van der Waals surface area contributed by atoms with Crippen molar-refractivity contribution >= 4 is 52.4 Å². The van der Waals surface area contributed by atoms with Crippen LogP contribution in [-0.2, 0) is 27.2 Å². The molecule has 2 unspecified atom stereocenters. The summed E-state index contributed by atoms with van der Waals surface area (Å²) in [5, 5.41) is 18.4. The number of imidazole rings is 1. The lowest BCUT2D eigenvalue weighted by atomic mass is 9.51. The monoisotopic (exact) mass is 680 g/mol. The summed E-state index contributed by atoms with van der Waals surface area (Å²) in [7, 11) is 0. The predicted octanol–water partition coefficient (Wildman–Crippen LogP) is 4.99. The molecule has 49 heavy (non-hydrogen) atoms. The van der Waals surface area contributed by atoms with Crippen molar-refractivity contribution < 1.29 is 24.2 Å². The molecule has 2 aromatic heterocycles. The van der Waals surface area contributed by atoms with Gasteiger partial charge in [0.1, 0.15) is 28.1 Å². The van der Waals surface area contributed by atoms with Crippen LogP contribution < -0.4 is 10.6 Å². The molecule has 11 nitrogen and oxygen atoms in total. The summed E-state index contributed by atoms with van der Waals surface area (Å²) in [6.45, 7) is 7.09. The fourth-order valence-electron chi connectivity index (χ4n) is 7.49. The predicted molar refractivity (Wildman–Crippen MR) is 189 cm³/mol. The molecule has 4 N–H and O–H groups in total. The number of aromatic nitrogens is 3. The Kier molecular flexibility index (Phi) is 8.60. The number of alkyl carbamates (subject to hydrolysis) is 1. The number of ether oxygens (including phenoxy) is 1. The number of aliphatic hydroxyl groups excluding tert-OH is 1. The van der Waals surface area contributed by atoms with Crippen molar-refractivity contribution in [2.45, 2.75) is 95.3 Å². The van der Waals surface area contributed by atoms with Gasteiger partial charge >= 0.3 is 6.09 Å². The first-order chi connectivity index (χ1) is 23.4. The van der Waals surface area contributed by atoms with Gasteiger partial charge in [-0.15, -0.1) is 11.3 Å². The summed E-state index contributed by atoms with van der Waals surface area (Å²) in [6, 6.07) is 15.7. The Labute approximate surface area is 289 Å². The number of hydrogen-bond acceptors (Lipinski definition) is 8. The van der Waals surface area contributed by atoms with Crippen LogP contribution in [0.4, 0.5) is 4.79 Å². The van der Waals surface area contributed by atoms with E-state index < -0.39 is 35.4 Å². The Morgan fingerprint density at radius 2 is 1.90 bits per heavy atom. The number of aliphatic hydroxyl groups is 1. The van der Waals surface area contributed by atoms with E-state index in [9.17, 15) is 19.5 Å². The smallest absolute Gasteiger partial charge is 0.408 e. The van der Waals surface area contributed by atoms with Gasteiger partial charge in [0.25, 0.3) is 6.85 Å². The average Bonchev–Trinajstić information content (AvgIpc) is 3.83. The number of hydrogen-bond donors (Lipinski definition) is 4. The molecule has 4 heterocycles. The number of para-hydroxylation sites is 1. The highest BCUT2D eigenvalue weighted by Gasteiger charge is 2.55. The second-order valence-electron chi connectivity index (χ2n) is 14.4. The van der Waals surface area contributed by atoms with Crippen LogP contribution in [0, 0.1) is 6.92 Å². The van der Waals surface area contributed by atoms with Gasteiger partial charge in [0, 0.05) is 18.5 Å². The fraction of sp³-hybridized carbons (Fsp3) is 0.417. The summed E-state index contributed by atoms with van der Waals surface area (Å²) in [6.07, 6.45) is 3.05. The molecule has 4 aromatic rings. The molecule has 0 bridgehead atoms. The number of carbonyl (C=O) groups excluding carboxylic acids is 3. The molecular formula is C36H41BN6O5S. The zero-order valence-electron chi connectivity index (χ0n) is 28.2. The summed E-state index contributed by atoms with van der Waals surface area (Å²) in [4.78, 5) is 56.5. The minimum atomic E-state index is -1.29. The van der Waals surface area contributed by atoms with Crippen molar-refractivity contribution in [2.24, 2.45) is 0 Å². The summed E-state index contributed by atoms with van der Waals surface area (Å²) < 4.78 is 6.56. The molecule has 2 aromatic carbocycles. The molecule has 2 fully saturated rings. The molecular weight excluding hydrogens is 639 g/mol. The number of amides is 3. The molecule has 4 atom stereocenters. The van der Waals surface area contributed by atoms with E-state index in [4.69, 9.17) is 9.72 Å². The first-order valence-electron chi connectivity index (χ1n) is 16.9. The Morgan fingerprint density at radius 3 is 2.63 bits per heavy atom. The quantitative estimate of drug-likeness (QED) is 0.192. The van der Waals surface area contributed by atoms with Gasteiger partial charge in [0.15, 0.2) is 0 Å². The Bertz CT molecular complexity index is 1900. The van der Waals surface area contributed by atoms with E-state index in [2.05, 4.69) is 20.6 Å². The SMILES string of the molecule is Cc1nc2c([nH]1)CC([C@H](NC(=O)[C@@H]1CCB3CCC(Cc4ccccc4)(NC(=O)OC(C)(C)C)C(=O)N31)C(O)c1nc3ccccc3s1)=C2. The van der Waals surface area contributed by atoms with Crippen LogP contribution in [0.15, 0.2) is 60.2 Å². The first-order valence-corrected chi connectivity index (χ1v) is 17.7. The van der Waals surface area contributed by atoms with E-state index in [0.717, 1.165) is 38.6 Å². The van der Waals surface area contributed by atoms with Gasteiger partial charge in [-0.05, 0) is 69.9 Å². The molecule has 254 valence electrons. The van der Waals surface area contributed by atoms with Crippen LogP contribution in [0.5, 0.6) is 0 Å². The van der Waals surface area contributed by atoms with E-state index in [1.165, 1.54) is 11.3 Å². The minimum absolute atomic E-state index is 0.141. The Hall–Kier alpha value is -4.49. The highest BCUT2D eigenvalue weighted by molar-refractivity contribution is 7.18. The average molecular weight is 681 g/mol. The van der Waals surface area contributed by atoms with Gasteiger partial charge in [-0.1, -0.05) is 55.1 Å². The molecule has 0 radical (unpaired) electrons. The highest BCUT2D eigenvalue weighted by Crippen LogP contribution is 2.39. The number of nitrogens with zero attached hydrogens (tertiary/aromatic N) is 3. The van der Waals surface area contributed by atoms with Crippen LogP contribution in [0.1, 0.15) is 67.5 Å². The summed E-state index contributed by atoms with van der Waals surface area (Å²) in [5.74, 6) is 0.149. The summed E-state index contributed by atoms with van der Waals surface area (Å²) in [5.41, 5.74) is 2.14. The van der Waals surface area contributed by atoms with E-state index >= 15 is 0 Å². The Balaban J connectivity index is 1.18. The number of fused-ring (bicyclic) bond motifs is 3. The van der Waals surface area contributed by atoms with Crippen LogP contribution in [-0.4, -0.2) is 72.8 Å². The molecule has 0 saturated carbocycles. The molecule has 7 rings (SSSR count). The van der Waals surface area contributed by atoms with Crippen LogP contribution in [0.2, 0.25) is 12.6 Å². The zero-order chi connectivity index (χ0) is 34.5. The minimum Gasteiger partial charge on any atom is -0.444 e. The van der Waals surface area contributed by atoms with Gasteiger partial charge in [0.2, 0.25) is 11.8 Å². The van der Waals surface area contributed by atoms with Gasteiger partial charge in [0.05, 0.1) is 28.0 Å². The van der Waals surface area contributed by atoms with Crippen molar-refractivity contribution in [1.82, 2.24) is 30.4 Å². The third-order valence-electron chi connectivity index (χ3n) is 9.65. The first kappa shape index (κ1) is 33.0. The zero-order valence-corrected chi connectivity index (χ0v) is 29.0. The van der Waals surface area contributed by atoms with Gasteiger partial charge in [-0.25, -0.2) is 14.8 Å². The number of aryl methyl sites for hydroxylation is 1. The largest absolute Gasteiger partial charge is 0.444 e. The Morgan fingerprint density at radius 1 is 1.14 bits per heavy atom. The second kappa shape index (κ2) is 12.8. The van der Waals surface area contributed by atoms with E-state index in [1.807, 2.05) is 67.6 Å². The summed E-state index contributed by atoms with van der Waals surface area (Å²) >= 11 is 1.39. The van der Waals surface area contributed by atoms with E-state index in [1.54, 1.807) is 25.6 Å². The topological polar surface area (TPSA) is 150 Å². The molecule has 0 spiro atoms. The van der Waals surface area contributed by atoms with Crippen molar-refractivity contribution in [3.8, 4) is 0 Å². The highest BCUT2D eigenvalue weighted by atomic mass is 32.1. The van der Waals surface area contributed by atoms with Crippen molar-refractivity contribution in [2.75, 3.05) is 0 Å².